The lowest BCUT2D eigenvalue weighted by molar-refractivity contribution is 0.920. The molecule has 0 aliphatic carbocycles. The molecule has 0 amide bonds. The van der Waals surface area contributed by atoms with Crippen molar-refractivity contribution < 1.29 is 0 Å². The normalized spacial score (nSPS) is 10.4. The van der Waals surface area contributed by atoms with Crippen LogP contribution in [0.4, 0.5) is 5.82 Å². The number of hydrogen-bond acceptors (Lipinski definition) is 2. The van der Waals surface area contributed by atoms with Gasteiger partial charge in [-0.05, 0) is 29.2 Å². The number of aryl methyl sites for hydroxylation is 1. The molecular formula is C15H18N2. The quantitative estimate of drug-likeness (QED) is 0.869. The van der Waals surface area contributed by atoms with Gasteiger partial charge < -0.3 is 5.73 Å². The lowest BCUT2D eigenvalue weighted by Crippen LogP contribution is -1.98. The Bertz CT molecular complexity index is 475. The molecule has 0 fully saturated rings. The van der Waals surface area contributed by atoms with Crippen LogP contribution < -0.4 is 5.73 Å². The van der Waals surface area contributed by atoms with Crippen LogP contribution in [0.5, 0.6) is 0 Å². The van der Waals surface area contributed by atoms with E-state index in [9.17, 15) is 0 Å². The zero-order chi connectivity index (χ0) is 12.1. The van der Waals surface area contributed by atoms with E-state index in [4.69, 9.17) is 5.73 Å². The first-order valence-corrected chi connectivity index (χ1v) is 6.06. The highest BCUT2D eigenvalue weighted by molar-refractivity contribution is 5.42. The second-order valence-corrected chi connectivity index (χ2v) is 4.29. The maximum absolute atomic E-state index is 5.83. The van der Waals surface area contributed by atoms with Crippen molar-refractivity contribution >= 4 is 5.82 Å². The molecule has 88 valence electrons. The lowest BCUT2D eigenvalue weighted by atomic mass is 10.0. The fourth-order valence-corrected chi connectivity index (χ4v) is 1.93. The second-order valence-electron chi connectivity index (χ2n) is 4.29. The fraction of sp³-hybridized carbons (Fsp3) is 0.267. The molecule has 2 heteroatoms. The first kappa shape index (κ1) is 11.6. The van der Waals surface area contributed by atoms with Crippen molar-refractivity contribution in [2.45, 2.75) is 26.2 Å². The van der Waals surface area contributed by atoms with Crippen molar-refractivity contribution in [3.8, 4) is 0 Å². The third kappa shape index (κ3) is 3.06. The number of benzene rings is 1. The van der Waals surface area contributed by atoms with Crippen LogP contribution in [-0.2, 0) is 12.8 Å². The highest BCUT2D eigenvalue weighted by Crippen LogP contribution is 2.15. The maximum atomic E-state index is 5.83. The van der Waals surface area contributed by atoms with Crippen LogP contribution in [-0.4, -0.2) is 4.98 Å². The van der Waals surface area contributed by atoms with Crippen LogP contribution in [0.3, 0.4) is 0 Å². The van der Waals surface area contributed by atoms with E-state index in [1.54, 1.807) is 6.20 Å². The Labute approximate surface area is 103 Å². The molecule has 1 heterocycles. The van der Waals surface area contributed by atoms with E-state index in [1.165, 1.54) is 17.5 Å². The molecule has 0 bridgehead atoms. The smallest absolute Gasteiger partial charge is 0.126 e. The van der Waals surface area contributed by atoms with Crippen molar-refractivity contribution in [3.63, 3.8) is 0 Å². The third-order valence-corrected chi connectivity index (χ3v) is 2.88. The molecule has 2 N–H and O–H groups in total. The van der Waals surface area contributed by atoms with Gasteiger partial charge in [0.25, 0.3) is 0 Å². The number of rotatable bonds is 4. The number of nitrogen functional groups attached to an aromatic ring is 1. The first-order chi connectivity index (χ1) is 8.29. The Morgan fingerprint density at radius 2 is 1.76 bits per heavy atom. The number of hydrogen-bond donors (Lipinski definition) is 1. The molecule has 1 aromatic heterocycles. The van der Waals surface area contributed by atoms with Crippen molar-refractivity contribution in [2.75, 3.05) is 5.73 Å². The van der Waals surface area contributed by atoms with Crippen LogP contribution in [0.1, 0.15) is 30.0 Å². The summed E-state index contributed by atoms with van der Waals surface area (Å²) >= 11 is 0. The van der Waals surface area contributed by atoms with Gasteiger partial charge >= 0.3 is 0 Å². The van der Waals surface area contributed by atoms with Crippen molar-refractivity contribution in [3.05, 3.63) is 59.3 Å². The van der Waals surface area contributed by atoms with Gasteiger partial charge in [0.1, 0.15) is 5.82 Å². The molecule has 0 saturated carbocycles. The molecule has 0 radical (unpaired) electrons. The molecule has 0 aliphatic heterocycles. The summed E-state index contributed by atoms with van der Waals surface area (Å²) in [7, 11) is 0. The van der Waals surface area contributed by atoms with Crippen molar-refractivity contribution in [1.82, 2.24) is 4.98 Å². The first-order valence-electron chi connectivity index (χ1n) is 6.06. The van der Waals surface area contributed by atoms with Gasteiger partial charge in [0.05, 0.1) is 0 Å². The molecule has 0 spiro atoms. The van der Waals surface area contributed by atoms with Gasteiger partial charge in [-0.15, -0.1) is 0 Å². The van der Waals surface area contributed by atoms with E-state index < -0.39 is 0 Å². The molecule has 0 saturated heterocycles. The fourth-order valence-electron chi connectivity index (χ4n) is 1.93. The minimum atomic E-state index is 0.630. The van der Waals surface area contributed by atoms with Crippen LogP contribution in [0.15, 0.2) is 42.6 Å². The van der Waals surface area contributed by atoms with Gasteiger partial charge in [0.2, 0.25) is 0 Å². The van der Waals surface area contributed by atoms with Gasteiger partial charge in [0.15, 0.2) is 0 Å². The zero-order valence-electron chi connectivity index (χ0n) is 10.2. The molecular weight excluding hydrogens is 208 g/mol. The maximum Gasteiger partial charge on any atom is 0.126 e. The molecule has 0 unspecified atom stereocenters. The minimum Gasteiger partial charge on any atom is -0.383 e. The second kappa shape index (κ2) is 5.48. The van der Waals surface area contributed by atoms with E-state index in [-0.39, 0.29) is 0 Å². The molecule has 2 nitrogen and oxygen atoms in total. The van der Waals surface area contributed by atoms with Crippen LogP contribution >= 0.6 is 0 Å². The van der Waals surface area contributed by atoms with Crippen LogP contribution in [0, 0.1) is 0 Å². The predicted molar refractivity (Wildman–Crippen MR) is 71.9 cm³/mol. The summed E-state index contributed by atoms with van der Waals surface area (Å²) in [4.78, 5) is 4.10. The van der Waals surface area contributed by atoms with E-state index in [1.807, 2.05) is 12.1 Å². The van der Waals surface area contributed by atoms with E-state index in [0.29, 0.717) is 5.82 Å². The van der Waals surface area contributed by atoms with Gasteiger partial charge in [-0.2, -0.15) is 0 Å². The van der Waals surface area contributed by atoms with E-state index >= 15 is 0 Å². The number of anilines is 1. The Hall–Kier alpha value is -1.83. The predicted octanol–water partition coefficient (Wildman–Crippen LogP) is 3.21. The number of aromatic nitrogens is 1. The Kier molecular flexibility index (Phi) is 3.76. The van der Waals surface area contributed by atoms with Gasteiger partial charge in [0, 0.05) is 12.6 Å². The Balaban J connectivity index is 2.11. The highest BCUT2D eigenvalue weighted by atomic mass is 14.8. The summed E-state index contributed by atoms with van der Waals surface area (Å²) in [5, 5.41) is 0. The van der Waals surface area contributed by atoms with Crippen LogP contribution in [0.25, 0.3) is 0 Å². The summed E-state index contributed by atoms with van der Waals surface area (Å²) in [6.07, 6.45) is 4.92. The number of nitrogens with two attached hydrogens (primary N) is 1. The molecule has 2 aromatic rings. The highest BCUT2D eigenvalue weighted by Gasteiger charge is 2.01. The molecule has 1 aromatic carbocycles. The number of pyridine rings is 1. The Morgan fingerprint density at radius 1 is 1.06 bits per heavy atom. The average Bonchev–Trinajstić information content (AvgIpc) is 2.35. The third-order valence-electron chi connectivity index (χ3n) is 2.88. The van der Waals surface area contributed by atoms with E-state index in [0.717, 1.165) is 18.4 Å². The molecule has 0 atom stereocenters. The lowest BCUT2D eigenvalue weighted by Gasteiger charge is -2.05. The molecule has 0 aliphatic rings. The topological polar surface area (TPSA) is 38.9 Å². The monoisotopic (exact) mass is 226 g/mol. The minimum absolute atomic E-state index is 0.630. The van der Waals surface area contributed by atoms with Crippen molar-refractivity contribution in [1.29, 1.82) is 0 Å². The zero-order valence-corrected chi connectivity index (χ0v) is 10.2. The SMILES string of the molecule is CCCc1ccc(Cc2cccnc2N)cc1. The van der Waals surface area contributed by atoms with Gasteiger partial charge in [-0.3, -0.25) is 0 Å². The summed E-state index contributed by atoms with van der Waals surface area (Å²) in [5.41, 5.74) is 9.61. The average molecular weight is 226 g/mol. The summed E-state index contributed by atoms with van der Waals surface area (Å²) in [6.45, 7) is 2.20. The van der Waals surface area contributed by atoms with Gasteiger partial charge in [-0.1, -0.05) is 43.7 Å². The largest absolute Gasteiger partial charge is 0.383 e. The summed E-state index contributed by atoms with van der Waals surface area (Å²) in [5.74, 6) is 0.630. The summed E-state index contributed by atoms with van der Waals surface area (Å²) in [6, 6.07) is 12.7. The molecule has 2 rings (SSSR count). The van der Waals surface area contributed by atoms with Crippen molar-refractivity contribution in [2.24, 2.45) is 0 Å². The standard InChI is InChI=1S/C15H18N2/c1-2-4-12-6-8-13(9-7-12)11-14-5-3-10-17-15(14)16/h3,5-10H,2,4,11H2,1H3,(H2,16,17). The molecule has 17 heavy (non-hydrogen) atoms. The van der Waals surface area contributed by atoms with Crippen LogP contribution in [0.2, 0.25) is 0 Å². The summed E-state index contributed by atoms with van der Waals surface area (Å²) < 4.78 is 0. The Morgan fingerprint density at radius 3 is 2.41 bits per heavy atom. The van der Waals surface area contributed by atoms with Gasteiger partial charge in [-0.25, -0.2) is 4.98 Å². The van der Waals surface area contributed by atoms with E-state index in [2.05, 4.69) is 36.2 Å². The number of nitrogens with zero attached hydrogens (tertiary/aromatic N) is 1.